The molecule has 0 aromatic heterocycles. The minimum atomic E-state index is -0.236. The summed E-state index contributed by atoms with van der Waals surface area (Å²) in [5.74, 6) is 6.77. The maximum Gasteiger partial charge on any atom is 0.258 e. The average Bonchev–Trinajstić information content (AvgIpc) is 2.65. The molecule has 0 atom stereocenters. The monoisotopic (exact) mass is 335 g/mol. The lowest BCUT2D eigenvalue weighted by Crippen LogP contribution is -2.29. The Morgan fingerprint density at radius 1 is 1.20 bits per heavy atom. The van der Waals surface area contributed by atoms with Gasteiger partial charge in [0.2, 0.25) is 0 Å². The van der Waals surface area contributed by atoms with Crippen LogP contribution >= 0.6 is 0 Å². The fraction of sp³-hybridized carbons (Fsp3) is 0.190. The molecule has 4 heteroatoms. The van der Waals surface area contributed by atoms with Crippen LogP contribution in [0.15, 0.2) is 61.2 Å². The summed E-state index contributed by atoms with van der Waals surface area (Å²) in [7, 11) is 1.57. The SMILES string of the molecule is C=CCc1ccc(OCC(=O)NCC#Cc2ccccc2)c(OC)c1. The summed E-state index contributed by atoms with van der Waals surface area (Å²) in [6.07, 6.45) is 2.57. The van der Waals surface area contributed by atoms with Gasteiger partial charge in [0.05, 0.1) is 13.7 Å². The van der Waals surface area contributed by atoms with Crippen LogP contribution < -0.4 is 14.8 Å². The van der Waals surface area contributed by atoms with Crippen LogP contribution in [0.5, 0.6) is 11.5 Å². The summed E-state index contributed by atoms with van der Waals surface area (Å²) < 4.78 is 10.8. The van der Waals surface area contributed by atoms with Crippen molar-refractivity contribution in [2.24, 2.45) is 0 Å². The third-order valence-corrected chi connectivity index (χ3v) is 3.35. The number of hydrogen-bond acceptors (Lipinski definition) is 3. The second-order valence-electron chi connectivity index (χ2n) is 5.21. The lowest BCUT2D eigenvalue weighted by Gasteiger charge is -2.11. The maximum atomic E-state index is 11.8. The van der Waals surface area contributed by atoms with Crippen LogP contribution in [0.2, 0.25) is 0 Å². The Balaban J connectivity index is 1.82. The van der Waals surface area contributed by atoms with E-state index in [1.54, 1.807) is 13.2 Å². The molecular weight excluding hydrogens is 314 g/mol. The minimum Gasteiger partial charge on any atom is -0.493 e. The van der Waals surface area contributed by atoms with Crippen molar-refractivity contribution in [1.29, 1.82) is 0 Å². The summed E-state index contributed by atoms with van der Waals surface area (Å²) in [6, 6.07) is 15.2. The fourth-order valence-corrected chi connectivity index (χ4v) is 2.13. The zero-order valence-corrected chi connectivity index (χ0v) is 14.2. The number of nitrogens with one attached hydrogen (secondary N) is 1. The standard InChI is InChI=1S/C21H21NO3/c1-3-8-18-12-13-19(20(15-18)24-2)25-16-21(23)22-14-7-11-17-9-5-4-6-10-17/h3-6,9-10,12-13,15H,1,8,14,16H2,2H3,(H,22,23). The topological polar surface area (TPSA) is 47.6 Å². The van der Waals surface area contributed by atoms with Crippen molar-refractivity contribution in [2.45, 2.75) is 6.42 Å². The van der Waals surface area contributed by atoms with E-state index in [9.17, 15) is 4.79 Å². The zero-order valence-electron chi connectivity index (χ0n) is 14.2. The summed E-state index contributed by atoms with van der Waals surface area (Å²) in [4.78, 5) is 11.8. The van der Waals surface area contributed by atoms with Gasteiger partial charge in [0.1, 0.15) is 0 Å². The van der Waals surface area contributed by atoms with Crippen LogP contribution in [0, 0.1) is 11.8 Å². The molecule has 0 fully saturated rings. The molecule has 1 N–H and O–H groups in total. The van der Waals surface area contributed by atoms with Crippen LogP contribution in [0.25, 0.3) is 0 Å². The fourth-order valence-electron chi connectivity index (χ4n) is 2.13. The largest absolute Gasteiger partial charge is 0.493 e. The lowest BCUT2D eigenvalue weighted by atomic mass is 10.1. The van der Waals surface area contributed by atoms with E-state index in [0.717, 1.165) is 17.5 Å². The summed E-state index contributed by atoms with van der Waals surface area (Å²) >= 11 is 0. The predicted octanol–water partition coefficient (Wildman–Crippen LogP) is 2.97. The van der Waals surface area contributed by atoms with E-state index >= 15 is 0 Å². The Hall–Kier alpha value is -3.19. The number of rotatable bonds is 7. The molecule has 0 aliphatic rings. The van der Waals surface area contributed by atoms with Crippen molar-refractivity contribution in [3.63, 3.8) is 0 Å². The molecule has 0 bridgehead atoms. The van der Waals surface area contributed by atoms with Gasteiger partial charge in [-0.05, 0) is 36.2 Å². The van der Waals surface area contributed by atoms with E-state index in [1.807, 2.05) is 48.5 Å². The first-order valence-electron chi connectivity index (χ1n) is 7.94. The number of carbonyl (C=O) groups excluding carboxylic acids is 1. The second-order valence-corrected chi connectivity index (χ2v) is 5.21. The van der Waals surface area contributed by atoms with Crippen LogP contribution in [0.4, 0.5) is 0 Å². The van der Waals surface area contributed by atoms with Crippen LogP contribution in [0.1, 0.15) is 11.1 Å². The predicted molar refractivity (Wildman–Crippen MR) is 98.7 cm³/mol. The van der Waals surface area contributed by atoms with E-state index in [1.165, 1.54) is 0 Å². The zero-order chi connectivity index (χ0) is 17.9. The third kappa shape index (κ3) is 6.08. The van der Waals surface area contributed by atoms with Gasteiger partial charge in [0.25, 0.3) is 5.91 Å². The number of hydrogen-bond donors (Lipinski definition) is 1. The van der Waals surface area contributed by atoms with Gasteiger partial charge in [-0.3, -0.25) is 4.79 Å². The molecule has 128 valence electrons. The van der Waals surface area contributed by atoms with E-state index in [0.29, 0.717) is 11.5 Å². The quantitative estimate of drug-likeness (QED) is 0.625. The molecule has 2 rings (SSSR count). The second kappa shape index (κ2) is 9.84. The number of amides is 1. The normalized spacial score (nSPS) is 9.48. The molecule has 0 saturated carbocycles. The molecule has 0 radical (unpaired) electrons. The highest BCUT2D eigenvalue weighted by atomic mass is 16.5. The van der Waals surface area contributed by atoms with Crippen molar-refractivity contribution in [2.75, 3.05) is 20.3 Å². The van der Waals surface area contributed by atoms with Crippen LogP contribution in [0.3, 0.4) is 0 Å². The smallest absolute Gasteiger partial charge is 0.258 e. The van der Waals surface area contributed by atoms with Gasteiger partial charge in [-0.15, -0.1) is 6.58 Å². The number of ether oxygens (including phenoxy) is 2. The molecule has 0 aliphatic heterocycles. The number of methoxy groups -OCH3 is 1. The van der Waals surface area contributed by atoms with E-state index in [4.69, 9.17) is 9.47 Å². The van der Waals surface area contributed by atoms with Crippen LogP contribution in [-0.4, -0.2) is 26.2 Å². The highest BCUT2D eigenvalue weighted by molar-refractivity contribution is 5.77. The highest BCUT2D eigenvalue weighted by Gasteiger charge is 2.08. The Kier molecular flexibility index (Phi) is 7.14. The van der Waals surface area contributed by atoms with Crippen LogP contribution in [-0.2, 0) is 11.2 Å². The number of benzene rings is 2. The Morgan fingerprint density at radius 3 is 2.72 bits per heavy atom. The van der Waals surface area contributed by atoms with Crippen molar-refractivity contribution in [3.8, 4) is 23.3 Å². The first kappa shape index (κ1) is 18.2. The van der Waals surface area contributed by atoms with E-state index in [-0.39, 0.29) is 19.1 Å². The van der Waals surface area contributed by atoms with Gasteiger partial charge >= 0.3 is 0 Å². The molecular formula is C21H21NO3. The molecule has 2 aromatic rings. The number of carbonyl (C=O) groups is 1. The minimum absolute atomic E-state index is 0.0931. The highest BCUT2D eigenvalue weighted by Crippen LogP contribution is 2.28. The average molecular weight is 335 g/mol. The van der Waals surface area contributed by atoms with Gasteiger partial charge in [0, 0.05) is 5.56 Å². The first-order chi connectivity index (χ1) is 12.2. The first-order valence-corrected chi connectivity index (χ1v) is 7.94. The molecule has 4 nitrogen and oxygen atoms in total. The molecule has 0 aliphatic carbocycles. The third-order valence-electron chi connectivity index (χ3n) is 3.35. The molecule has 0 unspecified atom stereocenters. The van der Waals surface area contributed by atoms with Crippen molar-refractivity contribution in [1.82, 2.24) is 5.32 Å². The van der Waals surface area contributed by atoms with Gasteiger partial charge in [-0.25, -0.2) is 0 Å². The van der Waals surface area contributed by atoms with Crippen molar-refractivity contribution < 1.29 is 14.3 Å². The van der Waals surface area contributed by atoms with Gasteiger partial charge < -0.3 is 14.8 Å². The van der Waals surface area contributed by atoms with Crippen molar-refractivity contribution >= 4 is 5.91 Å². The molecule has 2 aromatic carbocycles. The maximum absolute atomic E-state index is 11.8. The van der Waals surface area contributed by atoms with Gasteiger partial charge in [-0.2, -0.15) is 0 Å². The molecule has 1 amide bonds. The molecule has 0 saturated heterocycles. The Bertz CT molecular complexity index is 773. The van der Waals surface area contributed by atoms with E-state index < -0.39 is 0 Å². The molecule has 0 heterocycles. The van der Waals surface area contributed by atoms with Crippen molar-refractivity contribution in [3.05, 3.63) is 72.3 Å². The number of allylic oxidation sites excluding steroid dienone is 1. The van der Waals surface area contributed by atoms with Gasteiger partial charge in [0.15, 0.2) is 18.1 Å². The summed E-state index contributed by atoms with van der Waals surface area (Å²) in [5.41, 5.74) is 1.98. The van der Waals surface area contributed by atoms with E-state index in [2.05, 4.69) is 23.7 Å². The Labute approximate surface area is 148 Å². The van der Waals surface area contributed by atoms with Gasteiger partial charge in [-0.1, -0.05) is 42.2 Å². The lowest BCUT2D eigenvalue weighted by molar-refractivity contribution is -0.122. The molecule has 25 heavy (non-hydrogen) atoms. The Morgan fingerprint density at radius 2 is 2.00 bits per heavy atom. The molecule has 0 spiro atoms. The summed E-state index contributed by atoms with van der Waals surface area (Å²) in [6.45, 7) is 3.89. The summed E-state index contributed by atoms with van der Waals surface area (Å²) in [5, 5.41) is 2.70.